The Labute approximate surface area is 204 Å². The topological polar surface area (TPSA) is 67.1 Å². The van der Waals surface area contributed by atoms with Gasteiger partial charge in [0.05, 0.1) is 0 Å². The SMILES string of the molecule is CSCCCNC(=NCc1nnc(C)n1C)NCC(C)(C)c1ccc(F)cc1Cl.I. The zero-order valence-corrected chi connectivity index (χ0v) is 22.0. The molecule has 0 saturated carbocycles. The van der Waals surface area contributed by atoms with Crippen LogP contribution in [0.5, 0.6) is 0 Å². The molecule has 0 amide bonds. The summed E-state index contributed by atoms with van der Waals surface area (Å²) >= 11 is 8.09. The Kier molecular flexibility index (Phi) is 11.4. The van der Waals surface area contributed by atoms with E-state index >= 15 is 0 Å². The molecule has 2 N–H and O–H groups in total. The van der Waals surface area contributed by atoms with Crippen molar-refractivity contribution in [2.24, 2.45) is 12.0 Å². The Morgan fingerprint density at radius 3 is 2.63 bits per heavy atom. The summed E-state index contributed by atoms with van der Waals surface area (Å²) in [6.45, 7) is 7.88. The standard InChI is InChI=1S/C20H30ClFN6S.HI/c1-14-26-27-18(28(14)4)12-24-19(23-9-6-10-29-5)25-13-20(2,3)16-8-7-15(22)11-17(16)21;/h7-8,11H,6,9-10,12-13H2,1-5H3,(H2,23,24,25);1H. The third kappa shape index (κ3) is 7.88. The van der Waals surface area contributed by atoms with Gasteiger partial charge in [0.15, 0.2) is 11.8 Å². The minimum absolute atomic E-state index is 0. The highest BCUT2D eigenvalue weighted by molar-refractivity contribution is 14.0. The second-order valence-electron chi connectivity index (χ2n) is 7.52. The van der Waals surface area contributed by atoms with Crippen molar-refractivity contribution in [3.05, 3.63) is 46.3 Å². The summed E-state index contributed by atoms with van der Waals surface area (Å²) in [6, 6.07) is 4.53. The molecule has 0 atom stereocenters. The molecule has 0 saturated heterocycles. The van der Waals surface area contributed by atoms with Gasteiger partial charge in [-0.25, -0.2) is 9.38 Å². The van der Waals surface area contributed by atoms with Gasteiger partial charge in [0.2, 0.25) is 0 Å². The molecule has 6 nitrogen and oxygen atoms in total. The lowest BCUT2D eigenvalue weighted by Gasteiger charge is -2.28. The molecular formula is C20H31ClFIN6S. The number of aromatic nitrogens is 3. The molecule has 0 radical (unpaired) electrons. The van der Waals surface area contributed by atoms with E-state index in [0.29, 0.717) is 24.1 Å². The van der Waals surface area contributed by atoms with E-state index in [1.807, 2.05) is 30.3 Å². The second kappa shape index (κ2) is 12.7. The van der Waals surface area contributed by atoms with E-state index in [-0.39, 0.29) is 35.2 Å². The van der Waals surface area contributed by atoms with Gasteiger partial charge < -0.3 is 15.2 Å². The summed E-state index contributed by atoms with van der Waals surface area (Å²) in [4.78, 5) is 4.67. The fourth-order valence-electron chi connectivity index (χ4n) is 2.77. The highest BCUT2D eigenvalue weighted by Crippen LogP contribution is 2.29. The predicted octanol–water partition coefficient (Wildman–Crippen LogP) is 4.30. The number of rotatable bonds is 9. The van der Waals surface area contributed by atoms with Crippen molar-refractivity contribution in [1.29, 1.82) is 0 Å². The van der Waals surface area contributed by atoms with Gasteiger partial charge in [-0.3, -0.25) is 0 Å². The first-order valence-corrected chi connectivity index (χ1v) is 11.3. The molecule has 0 bridgehead atoms. The number of hydrogen-bond donors (Lipinski definition) is 2. The fraction of sp³-hybridized carbons (Fsp3) is 0.550. The third-order valence-electron chi connectivity index (χ3n) is 4.74. The van der Waals surface area contributed by atoms with Gasteiger partial charge in [0, 0.05) is 30.6 Å². The van der Waals surface area contributed by atoms with Crippen molar-refractivity contribution in [1.82, 2.24) is 25.4 Å². The highest BCUT2D eigenvalue weighted by Gasteiger charge is 2.24. The van der Waals surface area contributed by atoms with E-state index < -0.39 is 0 Å². The zero-order chi connectivity index (χ0) is 21.4. The number of hydrogen-bond acceptors (Lipinski definition) is 4. The number of guanidine groups is 1. The van der Waals surface area contributed by atoms with Gasteiger partial charge in [-0.1, -0.05) is 31.5 Å². The number of aliphatic imine (C=N–C) groups is 1. The normalized spacial score (nSPS) is 11.9. The quantitative estimate of drug-likeness (QED) is 0.204. The maximum absolute atomic E-state index is 13.4. The van der Waals surface area contributed by atoms with Crippen molar-refractivity contribution in [3.8, 4) is 0 Å². The third-order valence-corrected chi connectivity index (χ3v) is 5.75. The molecule has 2 aromatic rings. The van der Waals surface area contributed by atoms with Crippen molar-refractivity contribution >= 4 is 53.3 Å². The molecule has 0 aliphatic heterocycles. The summed E-state index contributed by atoms with van der Waals surface area (Å²) in [7, 11) is 1.93. The molecular weight excluding hydrogens is 538 g/mol. The second-order valence-corrected chi connectivity index (χ2v) is 8.91. The number of halogens is 3. The molecule has 2 rings (SSSR count). The number of nitrogens with one attached hydrogen (secondary N) is 2. The number of aryl methyl sites for hydroxylation is 1. The Hall–Kier alpha value is -1.07. The summed E-state index contributed by atoms with van der Waals surface area (Å²) in [5.41, 5.74) is 0.576. The van der Waals surface area contributed by atoms with Gasteiger partial charge in [0.1, 0.15) is 18.2 Å². The molecule has 0 unspecified atom stereocenters. The Balaban J connectivity index is 0.00000450. The average Bonchev–Trinajstić information content (AvgIpc) is 2.98. The predicted molar refractivity (Wildman–Crippen MR) is 136 cm³/mol. The van der Waals surface area contributed by atoms with Gasteiger partial charge >= 0.3 is 0 Å². The highest BCUT2D eigenvalue weighted by atomic mass is 127. The van der Waals surface area contributed by atoms with E-state index in [9.17, 15) is 4.39 Å². The van der Waals surface area contributed by atoms with E-state index in [4.69, 9.17) is 11.6 Å². The van der Waals surface area contributed by atoms with E-state index in [2.05, 4.69) is 45.9 Å². The molecule has 1 aromatic carbocycles. The lowest BCUT2D eigenvalue weighted by Crippen LogP contribution is -2.44. The van der Waals surface area contributed by atoms with Crippen LogP contribution in [0.4, 0.5) is 4.39 Å². The van der Waals surface area contributed by atoms with Crippen molar-refractivity contribution in [2.75, 3.05) is 25.1 Å². The minimum atomic E-state index is -0.334. The summed E-state index contributed by atoms with van der Waals surface area (Å²) < 4.78 is 15.3. The van der Waals surface area contributed by atoms with Crippen molar-refractivity contribution in [3.63, 3.8) is 0 Å². The molecule has 0 aliphatic rings. The van der Waals surface area contributed by atoms with Gasteiger partial charge in [-0.2, -0.15) is 11.8 Å². The number of nitrogens with zero attached hydrogens (tertiary/aromatic N) is 4. The molecule has 0 spiro atoms. The fourth-order valence-corrected chi connectivity index (χ4v) is 3.63. The van der Waals surface area contributed by atoms with Gasteiger partial charge in [-0.05, 0) is 43.0 Å². The molecule has 0 aliphatic carbocycles. The van der Waals surface area contributed by atoms with Crippen LogP contribution >= 0.6 is 47.3 Å². The zero-order valence-electron chi connectivity index (χ0n) is 18.1. The Morgan fingerprint density at radius 1 is 1.30 bits per heavy atom. The first-order valence-electron chi connectivity index (χ1n) is 9.56. The van der Waals surface area contributed by atoms with Crippen LogP contribution in [0.2, 0.25) is 5.02 Å². The Morgan fingerprint density at radius 2 is 2.03 bits per heavy atom. The van der Waals surface area contributed by atoms with Crippen LogP contribution in [-0.4, -0.2) is 45.8 Å². The van der Waals surface area contributed by atoms with E-state index in [0.717, 1.165) is 35.9 Å². The molecule has 168 valence electrons. The van der Waals surface area contributed by atoms with Crippen LogP contribution < -0.4 is 10.6 Å². The lowest BCUT2D eigenvalue weighted by molar-refractivity contribution is 0.506. The minimum Gasteiger partial charge on any atom is -0.356 e. The lowest BCUT2D eigenvalue weighted by atomic mass is 9.84. The van der Waals surface area contributed by atoms with E-state index in [1.54, 1.807) is 6.07 Å². The molecule has 10 heteroatoms. The number of benzene rings is 1. The molecule has 1 heterocycles. The van der Waals surface area contributed by atoms with Crippen LogP contribution in [0, 0.1) is 12.7 Å². The molecule has 30 heavy (non-hydrogen) atoms. The molecule has 0 fully saturated rings. The maximum atomic E-state index is 13.4. The van der Waals surface area contributed by atoms with Crippen LogP contribution in [0.15, 0.2) is 23.2 Å². The Bertz CT molecular complexity index is 843. The summed E-state index contributed by atoms with van der Waals surface area (Å²) in [5.74, 6) is 3.11. The van der Waals surface area contributed by atoms with Crippen LogP contribution in [-0.2, 0) is 19.0 Å². The molecule has 1 aromatic heterocycles. The number of thioether (sulfide) groups is 1. The average molecular weight is 569 g/mol. The van der Waals surface area contributed by atoms with E-state index in [1.165, 1.54) is 12.1 Å². The summed E-state index contributed by atoms with van der Waals surface area (Å²) in [6.07, 6.45) is 3.14. The summed E-state index contributed by atoms with van der Waals surface area (Å²) in [5, 5.41) is 15.4. The van der Waals surface area contributed by atoms with Crippen LogP contribution in [0.25, 0.3) is 0 Å². The monoisotopic (exact) mass is 568 g/mol. The first kappa shape index (κ1) is 27.0. The first-order chi connectivity index (χ1) is 13.7. The smallest absolute Gasteiger partial charge is 0.191 e. The maximum Gasteiger partial charge on any atom is 0.191 e. The largest absolute Gasteiger partial charge is 0.356 e. The van der Waals surface area contributed by atoms with Crippen molar-refractivity contribution in [2.45, 2.75) is 39.2 Å². The van der Waals surface area contributed by atoms with Crippen LogP contribution in [0.3, 0.4) is 0 Å². The van der Waals surface area contributed by atoms with Gasteiger partial charge in [0.25, 0.3) is 0 Å². The van der Waals surface area contributed by atoms with Gasteiger partial charge in [-0.15, -0.1) is 34.2 Å². The van der Waals surface area contributed by atoms with Crippen LogP contribution in [0.1, 0.15) is 37.5 Å². The van der Waals surface area contributed by atoms with Crippen molar-refractivity contribution < 1.29 is 4.39 Å².